The molecular weight excluding hydrogens is 538 g/mol. The minimum atomic E-state index is 0.209. The molecule has 4 aromatic carbocycles. The molecule has 0 spiro atoms. The number of hydrogen-bond acceptors (Lipinski definition) is 8. The van der Waals surface area contributed by atoms with Gasteiger partial charge in [-0.1, -0.05) is 54.6 Å². The highest BCUT2D eigenvalue weighted by Gasteiger charge is 2.29. The van der Waals surface area contributed by atoms with Crippen LogP contribution < -0.4 is 5.73 Å². The predicted octanol–water partition coefficient (Wildman–Crippen LogP) is 6.97. The van der Waals surface area contributed by atoms with Crippen LogP contribution in [0.15, 0.2) is 89.3 Å². The molecule has 0 bridgehead atoms. The van der Waals surface area contributed by atoms with Gasteiger partial charge in [0.2, 0.25) is 0 Å². The molecule has 1 aromatic heterocycles. The Balaban J connectivity index is 1.56. The van der Waals surface area contributed by atoms with Crippen molar-refractivity contribution >= 4 is 52.5 Å². The summed E-state index contributed by atoms with van der Waals surface area (Å²) < 4.78 is 4.22. The molecule has 0 amide bonds. The second-order valence-electron chi connectivity index (χ2n) is 9.63. The third-order valence-electron chi connectivity index (χ3n) is 7.23. The number of allylic oxidation sites excluding steroid dienone is 1. The van der Waals surface area contributed by atoms with Crippen LogP contribution in [0.5, 0.6) is 0 Å². The molecule has 0 fully saturated rings. The molecule has 1 aliphatic carbocycles. The lowest BCUT2D eigenvalue weighted by Crippen LogP contribution is -2.22. The third-order valence-corrected chi connectivity index (χ3v) is 7.43. The van der Waals surface area contributed by atoms with Gasteiger partial charge < -0.3 is 5.73 Å². The van der Waals surface area contributed by atoms with Gasteiger partial charge in [-0.2, -0.15) is 15.8 Å². The Morgan fingerprint density at radius 2 is 1.50 bits per heavy atom. The lowest BCUT2D eigenvalue weighted by molar-refractivity contribution is 1.36. The first-order chi connectivity index (χ1) is 20.5. The van der Waals surface area contributed by atoms with Crippen molar-refractivity contribution in [1.29, 1.82) is 21.2 Å². The average Bonchev–Trinajstić information content (AvgIpc) is 3.03. The summed E-state index contributed by atoms with van der Waals surface area (Å²) in [5, 5.41) is 38.6. The van der Waals surface area contributed by atoms with E-state index in [1.54, 1.807) is 18.2 Å². The number of hydrogen-bond donors (Lipinski definition) is 3. The molecule has 0 saturated carbocycles. The van der Waals surface area contributed by atoms with E-state index in [0.717, 1.165) is 33.2 Å². The fraction of sp³-hybridized carbons (Fsp3) is 0. The summed E-state index contributed by atoms with van der Waals surface area (Å²) in [5.41, 5.74) is 14.6. The minimum absolute atomic E-state index is 0.209. The molecule has 196 valence electrons. The Morgan fingerprint density at radius 1 is 0.762 bits per heavy atom. The van der Waals surface area contributed by atoms with E-state index < -0.39 is 0 Å². The third kappa shape index (κ3) is 4.28. The number of nitrogens with one attached hydrogen (secondary N) is 1. The van der Waals surface area contributed by atoms with Gasteiger partial charge in [-0.05, 0) is 60.3 Å². The maximum atomic E-state index is 9.70. The van der Waals surface area contributed by atoms with E-state index in [1.165, 1.54) is 6.07 Å². The van der Waals surface area contributed by atoms with Crippen LogP contribution in [0.2, 0.25) is 0 Å². The van der Waals surface area contributed by atoms with Gasteiger partial charge in [0.15, 0.2) is 0 Å². The van der Waals surface area contributed by atoms with Crippen molar-refractivity contribution in [3.63, 3.8) is 0 Å². The fourth-order valence-electron chi connectivity index (χ4n) is 5.34. The van der Waals surface area contributed by atoms with Gasteiger partial charge in [0.25, 0.3) is 0 Å². The highest BCUT2D eigenvalue weighted by atomic mass is 32.1. The number of pyridine rings is 1. The summed E-state index contributed by atoms with van der Waals surface area (Å²) in [7, 11) is 0. The van der Waals surface area contributed by atoms with Gasteiger partial charge in [-0.15, -0.1) is 0 Å². The first-order valence-electron chi connectivity index (χ1n) is 12.8. The standard InChI is InChI=1S/C34H19N7S/c35-16-19-4-3-5-23(12-19)33-27-15-26(34(41-42)32(39)31(27)25-6-1-2-7-29(25)40-33)21-8-10-22(11-9-21)30-24(18-37)13-20(17-36)14-28(30)38/h1-15,39,42H,38H2. The monoisotopic (exact) mass is 557 g/mol. The van der Waals surface area contributed by atoms with Gasteiger partial charge >= 0.3 is 0 Å². The summed E-state index contributed by atoms with van der Waals surface area (Å²) in [6.07, 6.45) is 1.96. The molecule has 0 unspecified atom stereocenters. The second kappa shape index (κ2) is 10.5. The SMILES string of the molecule is N#Cc1cccc(-c2nc3ccccc3c3c2C=C(c2ccc(-c4c(N)cc(C#N)cc4C#N)cc2)C(=NS)C3=N)c1. The Labute approximate surface area is 247 Å². The second-order valence-corrected chi connectivity index (χ2v) is 9.83. The summed E-state index contributed by atoms with van der Waals surface area (Å²) in [4.78, 5) is 4.97. The molecule has 0 aliphatic heterocycles. The first-order valence-corrected chi connectivity index (χ1v) is 13.2. The largest absolute Gasteiger partial charge is 0.398 e. The predicted molar refractivity (Wildman–Crippen MR) is 169 cm³/mol. The van der Waals surface area contributed by atoms with Crippen LogP contribution in [0.3, 0.4) is 0 Å². The maximum absolute atomic E-state index is 9.70. The summed E-state index contributed by atoms with van der Waals surface area (Å²) >= 11 is 4.25. The highest BCUT2D eigenvalue weighted by Crippen LogP contribution is 2.39. The molecule has 1 aliphatic rings. The molecule has 8 heteroatoms. The Hall–Kier alpha value is -6.01. The van der Waals surface area contributed by atoms with E-state index in [-0.39, 0.29) is 5.71 Å². The number of para-hydroxylation sites is 1. The molecule has 1 heterocycles. The molecule has 7 nitrogen and oxygen atoms in total. The number of aromatic nitrogens is 1. The summed E-state index contributed by atoms with van der Waals surface area (Å²) in [5.74, 6) is 0. The van der Waals surface area contributed by atoms with Crippen LogP contribution in [-0.2, 0) is 0 Å². The van der Waals surface area contributed by atoms with E-state index in [4.69, 9.17) is 10.7 Å². The number of fused-ring (bicyclic) bond motifs is 3. The van der Waals surface area contributed by atoms with Crippen LogP contribution in [0, 0.1) is 39.4 Å². The van der Waals surface area contributed by atoms with Gasteiger partial charge in [0.05, 0.1) is 51.8 Å². The Morgan fingerprint density at radius 3 is 2.21 bits per heavy atom. The molecule has 42 heavy (non-hydrogen) atoms. The Kier molecular flexibility index (Phi) is 6.57. The van der Waals surface area contributed by atoms with Crippen molar-refractivity contribution in [2.75, 3.05) is 5.73 Å². The number of nitrogen functional groups attached to an aromatic ring is 1. The van der Waals surface area contributed by atoms with Crippen LogP contribution in [0.25, 0.3) is 44.9 Å². The maximum Gasteiger partial charge on any atom is 0.104 e. The summed E-state index contributed by atoms with van der Waals surface area (Å²) in [6, 6.07) is 31.8. The van der Waals surface area contributed by atoms with Crippen molar-refractivity contribution in [3.05, 3.63) is 118 Å². The van der Waals surface area contributed by atoms with Crippen molar-refractivity contribution in [2.45, 2.75) is 0 Å². The van der Waals surface area contributed by atoms with E-state index in [1.807, 2.05) is 72.8 Å². The normalized spacial score (nSPS) is 13.1. The Bertz CT molecular complexity index is 2150. The van der Waals surface area contributed by atoms with Crippen LogP contribution in [0.1, 0.15) is 33.4 Å². The van der Waals surface area contributed by atoms with Gasteiger partial charge in [0, 0.05) is 38.9 Å². The topological polar surface area (TPSA) is 146 Å². The van der Waals surface area contributed by atoms with Crippen molar-refractivity contribution < 1.29 is 0 Å². The molecule has 5 aromatic rings. The van der Waals surface area contributed by atoms with E-state index in [2.05, 4.69) is 29.4 Å². The number of thiol groups is 1. The van der Waals surface area contributed by atoms with Gasteiger partial charge in [0.1, 0.15) is 5.71 Å². The lowest BCUT2D eigenvalue weighted by atomic mass is 9.82. The molecule has 0 atom stereocenters. The molecule has 3 N–H and O–H groups in total. The number of rotatable bonds is 3. The van der Waals surface area contributed by atoms with Crippen molar-refractivity contribution in [3.8, 4) is 40.6 Å². The quantitative estimate of drug-likeness (QED) is 0.162. The summed E-state index contributed by atoms with van der Waals surface area (Å²) in [6.45, 7) is 0. The van der Waals surface area contributed by atoms with Crippen LogP contribution >= 0.6 is 12.8 Å². The van der Waals surface area contributed by atoms with E-state index >= 15 is 0 Å². The molecule has 6 rings (SSSR count). The molecule has 0 radical (unpaired) electrons. The van der Waals surface area contributed by atoms with Crippen molar-refractivity contribution in [2.24, 2.45) is 4.40 Å². The minimum Gasteiger partial charge on any atom is -0.398 e. The molecular formula is C34H19N7S. The zero-order valence-corrected chi connectivity index (χ0v) is 22.8. The van der Waals surface area contributed by atoms with E-state index in [0.29, 0.717) is 50.5 Å². The first kappa shape index (κ1) is 26.2. The zero-order valence-electron chi connectivity index (χ0n) is 21.9. The van der Waals surface area contributed by atoms with Gasteiger partial charge in [-0.25, -0.2) is 9.38 Å². The van der Waals surface area contributed by atoms with Crippen LogP contribution in [-0.4, -0.2) is 16.4 Å². The lowest BCUT2D eigenvalue weighted by Gasteiger charge is -2.23. The van der Waals surface area contributed by atoms with E-state index in [9.17, 15) is 21.2 Å². The van der Waals surface area contributed by atoms with Gasteiger partial charge in [-0.3, -0.25) is 5.41 Å². The number of nitriles is 3. The van der Waals surface area contributed by atoms with Crippen molar-refractivity contribution in [1.82, 2.24) is 4.98 Å². The molecule has 0 saturated heterocycles. The number of nitrogens with zero attached hydrogens (tertiary/aromatic N) is 5. The highest BCUT2D eigenvalue weighted by molar-refractivity contribution is 7.79. The smallest absolute Gasteiger partial charge is 0.104 e. The fourth-order valence-corrected chi connectivity index (χ4v) is 5.55. The number of anilines is 1. The van der Waals surface area contributed by atoms with Crippen LogP contribution in [0.4, 0.5) is 5.69 Å². The average molecular weight is 558 g/mol. The number of benzene rings is 4. The zero-order chi connectivity index (χ0) is 29.4. The number of nitrogens with two attached hydrogens (primary N) is 1.